The van der Waals surface area contributed by atoms with Gasteiger partial charge in [-0.1, -0.05) is 11.2 Å². The number of ether oxygens (including phenoxy) is 1. The van der Waals surface area contributed by atoms with Crippen molar-refractivity contribution in [2.45, 2.75) is 24.8 Å². The van der Waals surface area contributed by atoms with E-state index in [2.05, 4.69) is 25.9 Å². The van der Waals surface area contributed by atoms with E-state index < -0.39 is 11.9 Å². The van der Waals surface area contributed by atoms with Crippen LogP contribution in [-0.4, -0.2) is 38.9 Å². The van der Waals surface area contributed by atoms with Crippen LogP contribution < -0.4 is 10.7 Å². The highest BCUT2D eigenvalue weighted by Gasteiger charge is 2.32. The third-order valence-corrected chi connectivity index (χ3v) is 6.46. The smallest absolute Gasteiger partial charge is 0.257 e. The van der Waals surface area contributed by atoms with Gasteiger partial charge >= 0.3 is 0 Å². The van der Waals surface area contributed by atoms with Crippen molar-refractivity contribution in [1.82, 2.24) is 19.8 Å². The molecule has 2 aliphatic heterocycles. The summed E-state index contributed by atoms with van der Waals surface area (Å²) in [5, 5.41) is 7.06. The van der Waals surface area contributed by atoms with E-state index in [4.69, 9.17) is 9.26 Å². The van der Waals surface area contributed by atoms with Gasteiger partial charge in [0, 0.05) is 42.5 Å². The van der Waals surface area contributed by atoms with E-state index in [0.29, 0.717) is 30.5 Å². The minimum atomic E-state index is -0.741. The molecule has 2 aliphatic rings. The Morgan fingerprint density at radius 2 is 1.95 bits per heavy atom. The quantitative estimate of drug-likeness (QED) is 0.381. The molecular formula is C26H22F2N6O3. The minimum absolute atomic E-state index is 0.134. The molecule has 4 aromatic rings. The zero-order valence-corrected chi connectivity index (χ0v) is 19.5. The van der Waals surface area contributed by atoms with Crippen LogP contribution in [-0.2, 0) is 4.74 Å². The topological polar surface area (TPSA) is 107 Å². The highest BCUT2D eigenvalue weighted by Crippen LogP contribution is 2.40. The number of carbonyl (C=O) groups excluding carboxylic acids is 1. The molecule has 0 radical (unpaired) electrons. The van der Waals surface area contributed by atoms with Crippen LogP contribution in [0, 0.1) is 11.8 Å². The summed E-state index contributed by atoms with van der Waals surface area (Å²) >= 11 is 0. The van der Waals surface area contributed by atoms with Crippen molar-refractivity contribution in [2.24, 2.45) is 0 Å². The van der Waals surface area contributed by atoms with Gasteiger partial charge in [-0.3, -0.25) is 4.79 Å². The van der Waals surface area contributed by atoms with Crippen molar-refractivity contribution >= 4 is 17.8 Å². The lowest BCUT2D eigenvalue weighted by molar-refractivity contribution is 0.0788. The van der Waals surface area contributed by atoms with Gasteiger partial charge in [0.1, 0.15) is 17.3 Å². The van der Waals surface area contributed by atoms with Crippen molar-refractivity contribution in [1.29, 1.82) is 0 Å². The van der Waals surface area contributed by atoms with Gasteiger partial charge in [-0.15, -0.1) is 0 Å². The van der Waals surface area contributed by atoms with Gasteiger partial charge in [0.25, 0.3) is 5.91 Å². The molecule has 2 N–H and O–H groups in total. The van der Waals surface area contributed by atoms with Gasteiger partial charge in [-0.2, -0.15) is 4.39 Å². The number of carbonyl (C=O) groups is 1. The average molecular weight is 504 g/mol. The Bertz CT molecular complexity index is 1470. The number of rotatable bonds is 5. The molecule has 5 heterocycles. The molecule has 1 saturated heterocycles. The first kappa shape index (κ1) is 23.0. The minimum Gasteiger partial charge on any atom is -0.381 e. The summed E-state index contributed by atoms with van der Waals surface area (Å²) in [6, 6.07) is 8.28. The van der Waals surface area contributed by atoms with E-state index in [1.54, 1.807) is 23.0 Å². The number of fused-ring (bicyclic) bond motifs is 1. The summed E-state index contributed by atoms with van der Waals surface area (Å²) in [7, 11) is 0. The molecule has 37 heavy (non-hydrogen) atoms. The molecule has 3 aromatic heterocycles. The molecule has 6 rings (SSSR count). The Hall–Kier alpha value is -4.38. The van der Waals surface area contributed by atoms with Crippen LogP contribution in [0.5, 0.6) is 0 Å². The molecule has 0 bridgehead atoms. The number of imidazole rings is 1. The summed E-state index contributed by atoms with van der Waals surface area (Å²) in [6.07, 6.45) is 8.26. The van der Waals surface area contributed by atoms with E-state index in [0.717, 1.165) is 35.8 Å². The number of anilines is 1. The first-order chi connectivity index (χ1) is 18.0. The lowest BCUT2D eigenvalue weighted by Gasteiger charge is -2.25. The van der Waals surface area contributed by atoms with Crippen molar-refractivity contribution in [3.63, 3.8) is 0 Å². The number of halogens is 2. The van der Waals surface area contributed by atoms with E-state index in [1.165, 1.54) is 24.4 Å². The van der Waals surface area contributed by atoms with Gasteiger partial charge in [-0.25, -0.2) is 19.0 Å². The Morgan fingerprint density at radius 3 is 2.73 bits per heavy atom. The number of pyridine rings is 1. The number of nitrogens with zero attached hydrogens (tertiary/aromatic N) is 4. The van der Waals surface area contributed by atoms with Gasteiger partial charge in [-0.05, 0) is 49.2 Å². The Labute approximate surface area is 210 Å². The van der Waals surface area contributed by atoms with Gasteiger partial charge in [0.2, 0.25) is 5.95 Å². The summed E-state index contributed by atoms with van der Waals surface area (Å²) in [4.78, 5) is 20.4. The second-order valence-electron chi connectivity index (χ2n) is 8.84. The summed E-state index contributed by atoms with van der Waals surface area (Å²) in [5.74, 6) is 0.193. The molecular weight excluding hydrogens is 482 g/mol. The summed E-state index contributed by atoms with van der Waals surface area (Å²) in [6.45, 7) is 1.28. The highest BCUT2D eigenvalue weighted by atomic mass is 19.1. The number of benzene rings is 1. The van der Waals surface area contributed by atoms with Crippen molar-refractivity contribution < 1.29 is 22.8 Å². The zero-order valence-electron chi connectivity index (χ0n) is 19.5. The Morgan fingerprint density at radius 1 is 1.14 bits per heavy atom. The summed E-state index contributed by atoms with van der Waals surface area (Å²) in [5.41, 5.74) is 5.73. The molecule has 9 nitrogen and oxygen atoms in total. The Kier molecular flexibility index (Phi) is 5.97. The molecule has 11 heteroatoms. The van der Waals surface area contributed by atoms with Crippen LogP contribution >= 0.6 is 0 Å². The number of amides is 1. The molecule has 0 saturated carbocycles. The third-order valence-electron chi connectivity index (χ3n) is 6.46. The van der Waals surface area contributed by atoms with Crippen molar-refractivity contribution in [2.75, 3.05) is 24.0 Å². The normalized spacial score (nSPS) is 17.3. The van der Waals surface area contributed by atoms with E-state index in [1.807, 2.05) is 12.2 Å². The largest absolute Gasteiger partial charge is 0.381 e. The number of nitrogens with one attached hydrogen (secondary N) is 2. The van der Waals surface area contributed by atoms with E-state index in [9.17, 15) is 13.6 Å². The fraction of sp³-hybridized carbons (Fsp3) is 0.231. The maximum absolute atomic E-state index is 13.6. The lowest BCUT2D eigenvalue weighted by Crippen LogP contribution is -2.25. The molecule has 188 valence electrons. The van der Waals surface area contributed by atoms with Gasteiger partial charge in [0.15, 0.2) is 11.6 Å². The van der Waals surface area contributed by atoms with E-state index >= 15 is 0 Å². The van der Waals surface area contributed by atoms with E-state index in [-0.39, 0.29) is 23.3 Å². The number of aromatic nitrogens is 4. The van der Waals surface area contributed by atoms with Crippen molar-refractivity contribution in [3.05, 3.63) is 89.3 Å². The van der Waals surface area contributed by atoms with Crippen LogP contribution in [0.4, 0.5) is 14.6 Å². The number of hydrogen-bond donors (Lipinski definition) is 2. The molecule has 1 fully saturated rings. The number of hydrogen-bond acceptors (Lipinski definition) is 7. The van der Waals surface area contributed by atoms with Gasteiger partial charge in [0.05, 0.1) is 17.8 Å². The maximum Gasteiger partial charge on any atom is 0.257 e. The van der Waals surface area contributed by atoms with Crippen LogP contribution in [0.25, 0.3) is 17.3 Å². The first-order valence-electron chi connectivity index (χ1n) is 11.9. The molecule has 1 aromatic carbocycles. The first-order valence-corrected chi connectivity index (χ1v) is 11.9. The third kappa shape index (κ3) is 4.60. The van der Waals surface area contributed by atoms with Crippen LogP contribution in [0.3, 0.4) is 0 Å². The molecule has 1 amide bonds. The fourth-order valence-corrected chi connectivity index (χ4v) is 4.62. The predicted octanol–water partition coefficient (Wildman–Crippen LogP) is 4.67. The lowest BCUT2D eigenvalue weighted by atomic mass is 9.89. The average Bonchev–Trinajstić information content (AvgIpc) is 3.53. The molecule has 0 spiro atoms. The monoisotopic (exact) mass is 504 g/mol. The molecule has 0 aliphatic carbocycles. The van der Waals surface area contributed by atoms with Crippen LogP contribution in [0.2, 0.25) is 0 Å². The summed E-state index contributed by atoms with van der Waals surface area (Å²) < 4.78 is 40.1. The van der Waals surface area contributed by atoms with Crippen molar-refractivity contribution in [3.8, 4) is 11.3 Å². The zero-order chi connectivity index (χ0) is 25.4. The van der Waals surface area contributed by atoms with Crippen LogP contribution in [0.15, 0.2) is 59.4 Å². The fourth-order valence-electron chi connectivity index (χ4n) is 4.62. The van der Waals surface area contributed by atoms with Gasteiger partial charge < -0.3 is 20.0 Å². The molecule has 1 unspecified atom stereocenters. The van der Waals surface area contributed by atoms with Crippen LogP contribution in [0.1, 0.15) is 52.3 Å². The highest BCUT2D eigenvalue weighted by molar-refractivity contribution is 6.03. The maximum atomic E-state index is 13.6. The Balaban J connectivity index is 1.30. The second kappa shape index (κ2) is 9.58. The molecule has 1 atom stereocenters. The second-order valence-corrected chi connectivity index (χ2v) is 8.84. The standard InChI is InChI=1S/C26H22F2N6O3/c27-18-3-1-15(2-4-18)24-23(25(37-33-24)16-8-11-36-12-9-16)19-5-6-22-30-21(14-34(22)32-19)31-26(35)17-7-10-29-20(28)13-17/h1-7,10,13-14,16,19,32H,8-9,11-12H2,(H,31,35). The predicted molar refractivity (Wildman–Crippen MR) is 130 cm³/mol. The SMILES string of the molecule is O=C(Nc1cn2c(n1)C=CC(c1c(-c3ccc(F)cc3)noc1C1CCOCC1)N2)c1ccnc(F)c1.